The predicted molar refractivity (Wildman–Crippen MR) is 77.7 cm³/mol. The number of carboxylic acid groups (broad SMARTS) is 1. The van der Waals surface area contributed by atoms with Gasteiger partial charge < -0.3 is 14.9 Å². The standard InChI is InChI=1S/C14H20N2O4S/c17-12-5-9(6-15(12)10-3-1-2-4-10)13(18)16-8-21-7-11(16)14(19)20/h9-11H,1-8H2,(H,19,20). The van der Waals surface area contributed by atoms with Crippen molar-refractivity contribution in [1.29, 1.82) is 0 Å². The van der Waals surface area contributed by atoms with Crippen LogP contribution in [0.1, 0.15) is 32.1 Å². The molecule has 2 saturated heterocycles. The summed E-state index contributed by atoms with van der Waals surface area (Å²) in [6.07, 6.45) is 4.60. The molecule has 2 aliphatic heterocycles. The number of thioether (sulfide) groups is 1. The van der Waals surface area contributed by atoms with Crippen molar-refractivity contribution in [3.05, 3.63) is 0 Å². The molecule has 3 rings (SSSR count). The first-order valence-corrected chi connectivity index (χ1v) is 8.64. The second kappa shape index (κ2) is 5.87. The van der Waals surface area contributed by atoms with Crippen molar-refractivity contribution in [2.24, 2.45) is 5.92 Å². The number of likely N-dealkylation sites (tertiary alicyclic amines) is 1. The van der Waals surface area contributed by atoms with Crippen molar-refractivity contribution in [2.45, 2.75) is 44.2 Å². The molecule has 1 aliphatic carbocycles. The number of carbonyl (C=O) groups excluding carboxylic acids is 2. The fraction of sp³-hybridized carbons (Fsp3) is 0.786. The number of hydrogen-bond acceptors (Lipinski definition) is 4. The largest absolute Gasteiger partial charge is 0.480 e. The van der Waals surface area contributed by atoms with E-state index >= 15 is 0 Å². The third kappa shape index (κ3) is 2.75. The molecule has 0 radical (unpaired) electrons. The first-order valence-electron chi connectivity index (χ1n) is 7.48. The van der Waals surface area contributed by atoms with Crippen LogP contribution in [-0.4, -0.2) is 62.9 Å². The Morgan fingerprint density at radius 2 is 1.95 bits per heavy atom. The lowest BCUT2D eigenvalue weighted by Crippen LogP contribution is -2.45. The number of hydrogen-bond donors (Lipinski definition) is 1. The van der Waals surface area contributed by atoms with Crippen LogP contribution in [0, 0.1) is 5.92 Å². The van der Waals surface area contributed by atoms with Crippen LogP contribution < -0.4 is 0 Å². The molecule has 1 N–H and O–H groups in total. The molecule has 21 heavy (non-hydrogen) atoms. The molecule has 116 valence electrons. The quantitative estimate of drug-likeness (QED) is 0.832. The van der Waals surface area contributed by atoms with Crippen LogP contribution in [0.15, 0.2) is 0 Å². The van der Waals surface area contributed by atoms with E-state index in [4.69, 9.17) is 5.11 Å². The molecule has 1 saturated carbocycles. The average molecular weight is 312 g/mol. The van der Waals surface area contributed by atoms with E-state index in [2.05, 4.69) is 0 Å². The van der Waals surface area contributed by atoms with Gasteiger partial charge in [-0.1, -0.05) is 12.8 Å². The number of rotatable bonds is 3. The molecule has 3 aliphatic rings. The summed E-state index contributed by atoms with van der Waals surface area (Å²) in [7, 11) is 0. The molecule has 3 fully saturated rings. The minimum absolute atomic E-state index is 0.0546. The zero-order valence-electron chi connectivity index (χ0n) is 11.9. The van der Waals surface area contributed by atoms with Crippen molar-refractivity contribution in [2.75, 3.05) is 18.2 Å². The van der Waals surface area contributed by atoms with E-state index in [9.17, 15) is 14.4 Å². The van der Waals surface area contributed by atoms with Crippen LogP contribution in [0.5, 0.6) is 0 Å². The summed E-state index contributed by atoms with van der Waals surface area (Å²) in [6.45, 7) is 0.468. The van der Waals surface area contributed by atoms with E-state index in [1.54, 1.807) is 0 Å². The van der Waals surface area contributed by atoms with Crippen LogP contribution in [0.3, 0.4) is 0 Å². The second-order valence-corrected chi connectivity index (χ2v) is 7.05. The maximum Gasteiger partial charge on any atom is 0.327 e. The van der Waals surface area contributed by atoms with Gasteiger partial charge in [-0.15, -0.1) is 11.8 Å². The maximum absolute atomic E-state index is 12.5. The summed E-state index contributed by atoms with van der Waals surface area (Å²) in [5.41, 5.74) is 0. The van der Waals surface area contributed by atoms with Gasteiger partial charge in [0.2, 0.25) is 11.8 Å². The average Bonchev–Trinajstić information content (AvgIpc) is 3.17. The molecule has 2 atom stereocenters. The summed E-state index contributed by atoms with van der Waals surface area (Å²) in [5, 5.41) is 9.17. The Morgan fingerprint density at radius 1 is 1.24 bits per heavy atom. The number of carbonyl (C=O) groups is 3. The smallest absolute Gasteiger partial charge is 0.327 e. The lowest BCUT2D eigenvalue weighted by atomic mass is 10.1. The van der Waals surface area contributed by atoms with Gasteiger partial charge in [-0.3, -0.25) is 9.59 Å². The highest BCUT2D eigenvalue weighted by atomic mass is 32.2. The molecule has 0 aromatic carbocycles. The van der Waals surface area contributed by atoms with E-state index in [0.29, 0.717) is 24.2 Å². The molecule has 6 nitrogen and oxygen atoms in total. The van der Waals surface area contributed by atoms with Gasteiger partial charge >= 0.3 is 5.97 Å². The minimum atomic E-state index is -0.953. The zero-order chi connectivity index (χ0) is 15.0. The lowest BCUT2D eigenvalue weighted by molar-refractivity contribution is -0.149. The second-order valence-electron chi connectivity index (χ2n) is 6.05. The third-order valence-electron chi connectivity index (χ3n) is 4.72. The highest BCUT2D eigenvalue weighted by Gasteiger charge is 2.43. The molecule has 7 heteroatoms. The highest BCUT2D eigenvalue weighted by molar-refractivity contribution is 7.99. The van der Waals surface area contributed by atoms with E-state index < -0.39 is 12.0 Å². The molecule has 2 heterocycles. The van der Waals surface area contributed by atoms with Crippen molar-refractivity contribution >= 4 is 29.5 Å². The molecule has 2 unspecified atom stereocenters. The van der Waals surface area contributed by atoms with Crippen molar-refractivity contribution in [1.82, 2.24) is 9.80 Å². The zero-order valence-corrected chi connectivity index (χ0v) is 12.7. The SMILES string of the molecule is O=C(O)C1CSCN1C(=O)C1CC(=O)N(C2CCCC2)C1. The summed E-state index contributed by atoms with van der Waals surface area (Å²) in [6, 6.07) is -0.448. The Kier molecular flexibility index (Phi) is 4.10. The van der Waals surface area contributed by atoms with E-state index in [0.717, 1.165) is 25.7 Å². The third-order valence-corrected chi connectivity index (χ3v) is 5.74. The number of nitrogens with zero attached hydrogens (tertiary/aromatic N) is 2. The summed E-state index contributed by atoms with van der Waals surface area (Å²) in [4.78, 5) is 39.2. The lowest BCUT2D eigenvalue weighted by Gasteiger charge is -2.26. The van der Waals surface area contributed by atoms with Crippen LogP contribution in [0.2, 0.25) is 0 Å². The molecule has 0 aromatic heterocycles. The molecular weight excluding hydrogens is 292 g/mol. The van der Waals surface area contributed by atoms with Crippen LogP contribution in [0.4, 0.5) is 0 Å². The van der Waals surface area contributed by atoms with Gasteiger partial charge in [-0.25, -0.2) is 4.79 Å². The van der Waals surface area contributed by atoms with Gasteiger partial charge in [0.05, 0.1) is 11.8 Å². The van der Waals surface area contributed by atoms with Crippen LogP contribution in [0.25, 0.3) is 0 Å². The topological polar surface area (TPSA) is 77.9 Å². The predicted octanol–water partition coefficient (Wildman–Crippen LogP) is 0.764. The van der Waals surface area contributed by atoms with Gasteiger partial charge in [0, 0.05) is 24.8 Å². The van der Waals surface area contributed by atoms with Gasteiger partial charge in [0.15, 0.2) is 0 Å². The summed E-state index contributed by atoms with van der Waals surface area (Å²) in [5.74, 6) is -0.568. The molecule has 0 bridgehead atoms. The molecule has 0 spiro atoms. The minimum Gasteiger partial charge on any atom is -0.480 e. The number of aliphatic carboxylic acids is 1. The van der Waals surface area contributed by atoms with E-state index in [1.165, 1.54) is 16.7 Å². The Bertz CT molecular complexity index is 464. The van der Waals surface area contributed by atoms with Gasteiger partial charge in [0.1, 0.15) is 6.04 Å². The molecular formula is C14H20N2O4S. The Morgan fingerprint density at radius 3 is 2.62 bits per heavy atom. The number of amides is 2. The Hall–Kier alpha value is -1.24. The van der Waals surface area contributed by atoms with Gasteiger partial charge in [-0.05, 0) is 12.8 Å². The van der Waals surface area contributed by atoms with Crippen molar-refractivity contribution in [3.8, 4) is 0 Å². The fourth-order valence-corrected chi connectivity index (χ4v) is 4.72. The van der Waals surface area contributed by atoms with Gasteiger partial charge in [0.25, 0.3) is 0 Å². The Balaban J connectivity index is 1.66. The molecule has 2 amide bonds. The van der Waals surface area contributed by atoms with E-state index in [-0.39, 0.29) is 24.2 Å². The van der Waals surface area contributed by atoms with Gasteiger partial charge in [-0.2, -0.15) is 0 Å². The first-order chi connectivity index (χ1) is 10.1. The fourth-order valence-electron chi connectivity index (χ4n) is 3.56. The summed E-state index contributed by atoms with van der Waals surface area (Å²) >= 11 is 1.46. The first kappa shape index (κ1) is 14.7. The van der Waals surface area contributed by atoms with Crippen molar-refractivity contribution in [3.63, 3.8) is 0 Å². The monoisotopic (exact) mass is 312 g/mol. The normalized spacial score (nSPS) is 30.4. The Labute approximate surface area is 127 Å². The molecule has 0 aromatic rings. The number of carboxylic acids is 1. The maximum atomic E-state index is 12.5. The van der Waals surface area contributed by atoms with Crippen molar-refractivity contribution < 1.29 is 19.5 Å². The van der Waals surface area contributed by atoms with Crippen LogP contribution in [-0.2, 0) is 14.4 Å². The van der Waals surface area contributed by atoms with Crippen LogP contribution >= 0.6 is 11.8 Å². The van der Waals surface area contributed by atoms with E-state index in [1.807, 2.05) is 4.90 Å². The summed E-state index contributed by atoms with van der Waals surface area (Å²) < 4.78 is 0. The highest BCUT2D eigenvalue weighted by Crippen LogP contribution is 2.32.